The van der Waals surface area contributed by atoms with E-state index in [9.17, 15) is 4.79 Å². The molecule has 0 spiro atoms. The Hall–Kier alpha value is -1.49. The molecule has 6 heteroatoms. The van der Waals surface area contributed by atoms with Gasteiger partial charge in [-0.25, -0.2) is 9.78 Å². The highest BCUT2D eigenvalue weighted by atomic mass is 35.5. The van der Waals surface area contributed by atoms with Gasteiger partial charge in [0, 0.05) is 19.1 Å². The van der Waals surface area contributed by atoms with Crippen LogP contribution in [0.15, 0.2) is 18.3 Å². The van der Waals surface area contributed by atoms with Gasteiger partial charge < -0.3 is 15.0 Å². The van der Waals surface area contributed by atoms with Gasteiger partial charge in [-0.2, -0.15) is 0 Å². The minimum Gasteiger partial charge on any atom is -0.444 e. The first-order valence-corrected chi connectivity index (χ1v) is 7.07. The van der Waals surface area contributed by atoms with Crippen LogP contribution in [0.25, 0.3) is 0 Å². The Balaban J connectivity index is 1.86. The molecule has 1 N–H and O–H groups in total. The van der Waals surface area contributed by atoms with Crippen LogP contribution in [-0.4, -0.2) is 40.7 Å². The summed E-state index contributed by atoms with van der Waals surface area (Å²) in [5.74, 6) is 0. The molecule has 1 atom stereocenters. The number of nitrogens with zero attached hydrogens (tertiary/aromatic N) is 2. The normalized spacial score (nSPS) is 19.0. The Kier molecular flexibility index (Phi) is 4.38. The molecule has 0 saturated carbocycles. The molecule has 0 aromatic carbocycles. The second-order valence-corrected chi connectivity index (χ2v) is 6.31. The van der Waals surface area contributed by atoms with E-state index < -0.39 is 5.60 Å². The van der Waals surface area contributed by atoms with Crippen molar-refractivity contribution in [3.8, 4) is 0 Å². The number of rotatable bonds is 2. The van der Waals surface area contributed by atoms with Gasteiger partial charge in [-0.1, -0.05) is 11.6 Å². The van der Waals surface area contributed by atoms with Crippen LogP contribution in [0.1, 0.15) is 27.2 Å². The van der Waals surface area contributed by atoms with E-state index in [2.05, 4.69) is 10.3 Å². The first-order chi connectivity index (χ1) is 9.33. The Bertz CT molecular complexity index is 470. The van der Waals surface area contributed by atoms with Crippen molar-refractivity contribution in [1.82, 2.24) is 9.88 Å². The van der Waals surface area contributed by atoms with Gasteiger partial charge in [-0.3, -0.25) is 0 Å². The van der Waals surface area contributed by atoms with Crippen molar-refractivity contribution < 1.29 is 9.53 Å². The van der Waals surface area contributed by atoms with Crippen LogP contribution in [0.2, 0.25) is 5.15 Å². The monoisotopic (exact) mass is 297 g/mol. The average Bonchev–Trinajstić information content (AvgIpc) is 2.79. The standard InChI is InChI=1S/C14H20ClN3O2/c1-14(2,3)20-13(19)18-7-6-11(9-18)17-10-4-5-12(15)16-8-10/h4-5,8,11,17H,6-7,9H2,1-3H3. The predicted molar refractivity (Wildman–Crippen MR) is 79.1 cm³/mol. The zero-order valence-electron chi connectivity index (χ0n) is 12.0. The third-order valence-corrected chi connectivity index (χ3v) is 3.16. The molecule has 1 fully saturated rings. The van der Waals surface area contributed by atoms with Crippen LogP contribution in [0, 0.1) is 0 Å². The van der Waals surface area contributed by atoms with E-state index in [0.29, 0.717) is 18.2 Å². The first-order valence-electron chi connectivity index (χ1n) is 6.69. The number of hydrogen-bond acceptors (Lipinski definition) is 4. The van der Waals surface area contributed by atoms with Crippen LogP contribution < -0.4 is 5.32 Å². The second-order valence-electron chi connectivity index (χ2n) is 5.93. The van der Waals surface area contributed by atoms with Crippen LogP contribution in [0.4, 0.5) is 10.5 Å². The Morgan fingerprint density at radius 2 is 2.25 bits per heavy atom. The fourth-order valence-electron chi connectivity index (χ4n) is 2.07. The number of ether oxygens (including phenoxy) is 1. The van der Waals surface area contributed by atoms with E-state index in [4.69, 9.17) is 16.3 Å². The van der Waals surface area contributed by atoms with Crippen molar-refractivity contribution in [3.05, 3.63) is 23.5 Å². The Morgan fingerprint density at radius 3 is 2.85 bits per heavy atom. The van der Waals surface area contributed by atoms with E-state index in [-0.39, 0.29) is 12.1 Å². The lowest BCUT2D eigenvalue weighted by Crippen LogP contribution is -2.36. The van der Waals surface area contributed by atoms with Gasteiger partial charge in [0.1, 0.15) is 10.8 Å². The maximum absolute atomic E-state index is 11.9. The number of likely N-dealkylation sites (tertiary alicyclic amines) is 1. The van der Waals surface area contributed by atoms with Crippen molar-refractivity contribution in [2.45, 2.75) is 38.8 Å². The van der Waals surface area contributed by atoms with E-state index in [0.717, 1.165) is 12.1 Å². The van der Waals surface area contributed by atoms with Gasteiger partial charge in [-0.15, -0.1) is 0 Å². The van der Waals surface area contributed by atoms with Gasteiger partial charge in [-0.05, 0) is 39.3 Å². The van der Waals surface area contributed by atoms with Crippen molar-refractivity contribution in [2.24, 2.45) is 0 Å². The number of halogens is 1. The number of nitrogens with one attached hydrogen (secondary N) is 1. The largest absolute Gasteiger partial charge is 0.444 e. The van der Waals surface area contributed by atoms with E-state index in [1.807, 2.05) is 26.8 Å². The van der Waals surface area contributed by atoms with Gasteiger partial charge in [0.2, 0.25) is 0 Å². The quantitative estimate of drug-likeness (QED) is 0.852. The zero-order chi connectivity index (χ0) is 14.8. The number of carbonyl (C=O) groups is 1. The molecule has 0 aliphatic carbocycles. The summed E-state index contributed by atoms with van der Waals surface area (Å²) in [5, 5.41) is 3.81. The van der Waals surface area contributed by atoms with Crippen LogP contribution in [0.5, 0.6) is 0 Å². The molecular weight excluding hydrogens is 278 g/mol. The molecule has 1 saturated heterocycles. The molecular formula is C14H20ClN3O2. The number of aromatic nitrogens is 1. The molecule has 1 unspecified atom stereocenters. The van der Waals surface area contributed by atoms with Gasteiger partial charge in [0.15, 0.2) is 0 Å². The summed E-state index contributed by atoms with van der Waals surface area (Å²) < 4.78 is 5.37. The minimum atomic E-state index is -0.456. The topological polar surface area (TPSA) is 54.5 Å². The average molecular weight is 298 g/mol. The third-order valence-electron chi connectivity index (χ3n) is 2.94. The molecule has 110 valence electrons. The fraction of sp³-hybridized carbons (Fsp3) is 0.571. The summed E-state index contributed by atoms with van der Waals surface area (Å²) in [5.41, 5.74) is 0.452. The van der Waals surface area contributed by atoms with Crippen LogP contribution in [-0.2, 0) is 4.74 Å². The second kappa shape index (κ2) is 5.87. The summed E-state index contributed by atoms with van der Waals surface area (Å²) in [6.45, 7) is 6.95. The summed E-state index contributed by atoms with van der Waals surface area (Å²) in [4.78, 5) is 17.7. The highest BCUT2D eigenvalue weighted by Gasteiger charge is 2.29. The summed E-state index contributed by atoms with van der Waals surface area (Å²) in [6, 6.07) is 3.83. The molecule has 2 heterocycles. The van der Waals surface area contributed by atoms with E-state index >= 15 is 0 Å². The van der Waals surface area contributed by atoms with Crippen molar-refractivity contribution >= 4 is 23.4 Å². The zero-order valence-corrected chi connectivity index (χ0v) is 12.8. The summed E-state index contributed by atoms with van der Waals surface area (Å²) in [6.07, 6.45) is 2.33. The fourth-order valence-corrected chi connectivity index (χ4v) is 2.18. The molecule has 1 aromatic rings. The highest BCUT2D eigenvalue weighted by molar-refractivity contribution is 6.29. The molecule has 1 amide bonds. The minimum absolute atomic E-state index is 0.213. The maximum atomic E-state index is 11.9. The maximum Gasteiger partial charge on any atom is 0.410 e. The third kappa shape index (κ3) is 4.27. The molecule has 20 heavy (non-hydrogen) atoms. The van der Waals surface area contributed by atoms with Crippen molar-refractivity contribution in [1.29, 1.82) is 0 Å². The smallest absolute Gasteiger partial charge is 0.410 e. The number of hydrogen-bond donors (Lipinski definition) is 1. The van der Waals surface area contributed by atoms with E-state index in [1.165, 1.54) is 0 Å². The Labute approximate surface area is 124 Å². The van der Waals surface area contributed by atoms with Gasteiger partial charge >= 0.3 is 6.09 Å². The molecule has 0 radical (unpaired) electrons. The summed E-state index contributed by atoms with van der Waals surface area (Å²) in [7, 11) is 0. The van der Waals surface area contributed by atoms with Gasteiger partial charge in [0.05, 0.1) is 11.9 Å². The van der Waals surface area contributed by atoms with E-state index in [1.54, 1.807) is 17.2 Å². The molecule has 1 aliphatic heterocycles. The Morgan fingerprint density at radius 1 is 1.50 bits per heavy atom. The predicted octanol–water partition coefficient (Wildman–Crippen LogP) is 3.16. The SMILES string of the molecule is CC(C)(C)OC(=O)N1CCC(Nc2ccc(Cl)nc2)C1. The van der Waals surface area contributed by atoms with Crippen LogP contribution in [0.3, 0.4) is 0 Å². The highest BCUT2D eigenvalue weighted by Crippen LogP contribution is 2.19. The van der Waals surface area contributed by atoms with Crippen molar-refractivity contribution in [3.63, 3.8) is 0 Å². The first kappa shape index (κ1) is 14.9. The number of pyridine rings is 1. The lowest BCUT2D eigenvalue weighted by molar-refractivity contribution is 0.0293. The lowest BCUT2D eigenvalue weighted by Gasteiger charge is -2.24. The lowest BCUT2D eigenvalue weighted by atomic mass is 10.2. The van der Waals surface area contributed by atoms with Crippen LogP contribution >= 0.6 is 11.6 Å². The molecule has 1 aromatic heterocycles. The number of carbonyl (C=O) groups excluding carboxylic acids is 1. The molecule has 0 bridgehead atoms. The van der Waals surface area contributed by atoms with Gasteiger partial charge in [0.25, 0.3) is 0 Å². The summed E-state index contributed by atoms with van der Waals surface area (Å²) >= 11 is 5.75. The number of amides is 1. The molecule has 2 rings (SSSR count). The molecule has 1 aliphatic rings. The molecule has 5 nitrogen and oxygen atoms in total. The number of anilines is 1. The van der Waals surface area contributed by atoms with Crippen molar-refractivity contribution in [2.75, 3.05) is 18.4 Å².